The lowest BCUT2D eigenvalue weighted by atomic mass is 10.1. The quantitative estimate of drug-likeness (QED) is 0.862. The Hall–Kier alpha value is -2.63. The third-order valence-corrected chi connectivity index (χ3v) is 2.98. The van der Waals surface area contributed by atoms with Gasteiger partial charge >= 0.3 is 6.61 Å². The molecule has 2 rings (SSSR count). The van der Waals surface area contributed by atoms with Gasteiger partial charge in [0.1, 0.15) is 11.5 Å². The van der Waals surface area contributed by atoms with E-state index in [0.29, 0.717) is 18.5 Å². The zero-order chi connectivity index (χ0) is 15.9. The van der Waals surface area contributed by atoms with Crippen LogP contribution in [-0.2, 0) is 6.42 Å². The number of nitrogens with one attached hydrogen (secondary N) is 1. The number of hydrogen-bond acceptors (Lipinski definition) is 3. The van der Waals surface area contributed by atoms with E-state index < -0.39 is 6.61 Å². The molecule has 0 bridgehead atoms. The number of alkyl halides is 2. The Bertz CT molecular complexity index is 612. The van der Waals surface area contributed by atoms with Gasteiger partial charge in [0, 0.05) is 12.1 Å². The van der Waals surface area contributed by atoms with Crippen LogP contribution in [0.5, 0.6) is 11.5 Å². The molecule has 0 saturated heterocycles. The predicted octanol–water partition coefficient (Wildman–Crippen LogP) is 2.97. The molecule has 116 valence electrons. The van der Waals surface area contributed by atoms with Crippen molar-refractivity contribution >= 4 is 5.91 Å². The highest BCUT2D eigenvalue weighted by atomic mass is 19.3. The number of carbonyl (C=O) groups excluding carboxylic acids is 1. The van der Waals surface area contributed by atoms with Gasteiger partial charge in [-0.05, 0) is 48.4 Å². The Morgan fingerprint density at radius 2 is 1.73 bits per heavy atom. The van der Waals surface area contributed by atoms with Crippen LogP contribution in [0, 0.1) is 0 Å². The van der Waals surface area contributed by atoms with E-state index in [-0.39, 0.29) is 17.4 Å². The van der Waals surface area contributed by atoms with Crippen molar-refractivity contribution in [3.8, 4) is 11.5 Å². The fourth-order valence-electron chi connectivity index (χ4n) is 1.87. The van der Waals surface area contributed by atoms with Crippen LogP contribution in [0.3, 0.4) is 0 Å². The molecular weight excluding hydrogens is 292 g/mol. The lowest BCUT2D eigenvalue weighted by Gasteiger charge is -2.07. The Balaban J connectivity index is 1.80. The molecule has 0 unspecified atom stereocenters. The van der Waals surface area contributed by atoms with Gasteiger partial charge in [-0.1, -0.05) is 12.1 Å². The third-order valence-electron chi connectivity index (χ3n) is 2.98. The first kappa shape index (κ1) is 15.8. The van der Waals surface area contributed by atoms with Crippen molar-refractivity contribution in [2.24, 2.45) is 0 Å². The summed E-state index contributed by atoms with van der Waals surface area (Å²) in [5, 5.41) is 11.9. The predicted molar refractivity (Wildman–Crippen MR) is 77.2 cm³/mol. The summed E-state index contributed by atoms with van der Waals surface area (Å²) in [5.41, 5.74) is 1.35. The molecule has 22 heavy (non-hydrogen) atoms. The van der Waals surface area contributed by atoms with E-state index >= 15 is 0 Å². The van der Waals surface area contributed by atoms with Gasteiger partial charge in [0.25, 0.3) is 5.91 Å². The zero-order valence-corrected chi connectivity index (χ0v) is 11.6. The van der Waals surface area contributed by atoms with E-state index in [2.05, 4.69) is 10.1 Å². The van der Waals surface area contributed by atoms with Crippen LogP contribution in [0.25, 0.3) is 0 Å². The average molecular weight is 307 g/mol. The Kier molecular flexibility index (Phi) is 5.30. The van der Waals surface area contributed by atoms with E-state index in [9.17, 15) is 13.6 Å². The van der Waals surface area contributed by atoms with E-state index in [1.54, 1.807) is 12.1 Å². The first-order chi connectivity index (χ1) is 10.5. The highest BCUT2D eigenvalue weighted by molar-refractivity contribution is 5.94. The summed E-state index contributed by atoms with van der Waals surface area (Å²) >= 11 is 0. The fourth-order valence-corrected chi connectivity index (χ4v) is 1.87. The normalized spacial score (nSPS) is 10.5. The number of halogens is 2. The highest BCUT2D eigenvalue weighted by Gasteiger charge is 2.06. The van der Waals surface area contributed by atoms with Crippen molar-refractivity contribution in [1.82, 2.24) is 5.32 Å². The number of ether oxygens (including phenoxy) is 1. The minimum absolute atomic E-state index is 0.0997. The number of aromatic hydroxyl groups is 1. The van der Waals surface area contributed by atoms with Crippen LogP contribution in [0.15, 0.2) is 48.5 Å². The Morgan fingerprint density at radius 3 is 2.32 bits per heavy atom. The standard InChI is InChI=1S/C16H15F2NO3/c17-16(18)22-14-7-1-11(2-8-14)9-10-19-15(21)12-3-5-13(20)6-4-12/h1-8,16,20H,9-10H2,(H,19,21). The lowest BCUT2D eigenvalue weighted by molar-refractivity contribution is -0.0498. The molecule has 6 heteroatoms. The van der Waals surface area contributed by atoms with Crippen molar-refractivity contribution in [3.05, 3.63) is 59.7 Å². The molecule has 0 radical (unpaired) electrons. The first-order valence-corrected chi connectivity index (χ1v) is 6.65. The van der Waals surface area contributed by atoms with E-state index in [1.807, 2.05) is 0 Å². The molecule has 0 atom stereocenters. The number of rotatable bonds is 6. The van der Waals surface area contributed by atoms with Gasteiger partial charge in [-0.15, -0.1) is 0 Å². The minimum atomic E-state index is -2.84. The second-order valence-corrected chi connectivity index (χ2v) is 4.58. The lowest BCUT2D eigenvalue weighted by Crippen LogP contribution is -2.25. The van der Waals surface area contributed by atoms with Crippen LogP contribution in [0.2, 0.25) is 0 Å². The molecular formula is C16H15F2NO3. The van der Waals surface area contributed by atoms with Crippen molar-refractivity contribution in [2.75, 3.05) is 6.54 Å². The number of phenolic OH excluding ortho intramolecular Hbond substituents is 1. The second kappa shape index (κ2) is 7.40. The number of benzene rings is 2. The summed E-state index contributed by atoms with van der Waals surface area (Å²) in [6, 6.07) is 12.2. The average Bonchev–Trinajstić information content (AvgIpc) is 2.49. The van der Waals surface area contributed by atoms with Gasteiger partial charge in [-0.25, -0.2) is 0 Å². The molecule has 0 fully saturated rings. The molecule has 2 N–H and O–H groups in total. The highest BCUT2D eigenvalue weighted by Crippen LogP contribution is 2.15. The fraction of sp³-hybridized carbons (Fsp3) is 0.188. The summed E-state index contributed by atoms with van der Waals surface area (Å²) < 4.78 is 28.3. The summed E-state index contributed by atoms with van der Waals surface area (Å²) in [6.45, 7) is -2.43. The molecule has 0 heterocycles. The molecule has 0 aromatic heterocycles. The second-order valence-electron chi connectivity index (χ2n) is 4.58. The molecule has 0 aliphatic heterocycles. The monoisotopic (exact) mass is 307 g/mol. The van der Waals surface area contributed by atoms with Crippen LogP contribution < -0.4 is 10.1 Å². The summed E-state index contributed by atoms with van der Waals surface area (Å²) in [5.74, 6) is -0.0350. The summed E-state index contributed by atoms with van der Waals surface area (Å²) in [7, 11) is 0. The van der Waals surface area contributed by atoms with Crippen molar-refractivity contribution in [2.45, 2.75) is 13.0 Å². The summed E-state index contributed by atoms with van der Waals surface area (Å²) in [4.78, 5) is 11.8. The molecule has 0 spiro atoms. The molecule has 1 amide bonds. The number of phenols is 1. The van der Waals surface area contributed by atoms with Crippen molar-refractivity contribution in [3.63, 3.8) is 0 Å². The zero-order valence-electron chi connectivity index (χ0n) is 11.6. The molecule has 0 saturated carbocycles. The number of hydrogen-bond donors (Lipinski definition) is 2. The maximum absolute atomic E-state index is 12.0. The Morgan fingerprint density at radius 1 is 1.09 bits per heavy atom. The molecule has 0 aliphatic rings. The Labute approximate surface area is 126 Å². The maximum atomic E-state index is 12.0. The van der Waals surface area contributed by atoms with Gasteiger partial charge in [0.05, 0.1) is 0 Å². The van der Waals surface area contributed by atoms with E-state index in [0.717, 1.165) is 5.56 Å². The van der Waals surface area contributed by atoms with Crippen LogP contribution in [-0.4, -0.2) is 24.2 Å². The first-order valence-electron chi connectivity index (χ1n) is 6.65. The van der Waals surface area contributed by atoms with Gasteiger partial charge in [0.15, 0.2) is 0 Å². The molecule has 0 aliphatic carbocycles. The maximum Gasteiger partial charge on any atom is 0.387 e. The van der Waals surface area contributed by atoms with E-state index in [1.165, 1.54) is 36.4 Å². The van der Waals surface area contributed by atoms with Gasteiger partial charge in [0.2, 0.25) is 0 Å². The number of carbonyl (C=O) groups is 1. The van der Waals surface area contributed by atoms with Gasteiger partial charge in [-0.2, -0.15) is 8.78 Å². The van der Waals surface area contributed by atoms with Crippen LogP contribution in [0.4, 0.5) is 8.78 Å². The smallest absolute Gasteiger partial charge is 0.387 e. The minimum Gasteiger partial charge on any atom is -0.508 e. The van der Waals surface area contributed by atoms with Crippen LogP contribution >= 0.6 is 0 Å². The third kappa shape index (κ3) is 4.73. The SMILES string of the molecule is O=C(NCCc1ccc(OC(F)F)cc1)c1ccc(O)cc1. The van der Waals surface area contributed by atoms with Crippen molar-refractivity contribution < 1.29 is 23.4 Å². The molecule has 2 aromatic rings. The largest absolute Gasteiger partial charge is 0.508 e. The topological polar surface area (TPSA) is 58.6 Å². The van der Waals surface area contributed by atoms with Gasteiger partial charge in [-0.3, -0.25) is 4.79 Å². The van der Waals surface area contributed by atoms with E-state index in [4.69, 9.17) is 5.11 Å². The van der Waals surface area contributed by atoms with Crippen molar-refractivity contribution in [1.29, 1.82) is 0 Å². The number of amides is 1. The van der Waals surface area contributed by atoms with Gasteiger partial charge < -0.3 is 15.2 Å². The van der Waals surface area contributed by atoms with Crippen LogP contribution in [0.1, 0.15) is 15.9 Å². The summed E-state index contributed by atoms with van der Waals surface area (Å²) in [6.07, 6.45) is 0.568. The molecule has 2 aromatic carbocycles. The molecule has 4 nitrogen and oxygen atoms in total.